The number of halogens is 1. The number of carbonyl (C=O) groups excluding carboxylic acids is 1. The monoisotopic (exact) mass is 243 g/mol. The van der Waals surface area contributed by atoms with Crippen molar-refractivity contribution in [3.8, 4) is 0 Å². The quantitative estimate of drug-likeness (QED) is 0.879. The predicted octanol–water partition coefficient (Wildman–Crippen LogP) is 3.37. The standard InChI is InChI=1S/C15H14FNO/c1-11(18)17-15-7-5-12(6-8-15)9-13-3-2-4-14(16)10-13/h2-8,10H,9H2,1H3,(H,17,18). The third-order valence-electron chi connectivity index (χ3n) is 2.57. The van der Waals surface area contributed by atoms with Crippen LogP contribution in [0.5, 0.6) is 0 Å². The summed E-state index contributed by atoms with van der Waals surface area (Å²) in [6, 6.07) is 14.1. The SMILES string of the molecule is CC(=O)Nc1ccc(Cc2cccc(F)c2)cc1. The van der Waals surface area contributed by atoms with E-state index in [4.69, 9.17) is 0 Å². The molecule has 1 amide bonds. The highest BCUT2D eigenvalue weighted by molar-refractivity contribution is 5.88. The van der Waals surface area contributed by atoms with Gasteiger partial charge in [-0.05, 0) is 41.8 Å². The van der Waals surface area contributed by atoms with Gasteiger partial charge in [0.25, 0.3) is 0 Å². The van der Waals surface area contributed by atoms with E-state index in [0.717, 1.165) is 16.8 Å². The van der Waals surface area contributed by atoms with E-state index in [1.165, 1.54) is 19.1 Å². The molecule has 0 saturated heterocycles. The first kappa shape index (κ1) is 12.3. The normalized spacial score (nSPS) is 10.1. The van der Waals surface area contributed by atoms with Crippen LogP contribution in [0.4, 0.5) is 10.1 Å². The molecule has 2 aromatic rings. The zero-order valence-corrected chi connectivity index (χ0v) is 10.1. The van der Waals surface area contributed by atoms with E-state index in [-0.39, 0.29) is 11.7 Å². The molecule has 0 saturated carbocycles. The van der Waals surface area contributed by atoms with Gasteiger partial charge in [-0.25, -0.2) is 4.39 Å². The van der Waals surface area contributed by atoms with Crippen LogP contribution in [0.3, 0.4) is 0 Å². The van der Waals surface area contributed by atoms with Crippen molar-refractivity contribution in [2.75, 3.05) is 5.32 Å². The van der Waals surface area contributed by atoms with Crippen LogP contribution >= 0.6 is 0 Å². The summed E-state index contributed by atoms with van der Waals surface area (Å²) in [6.07, 6.45) is 0.679. The molecule has 0 spiro atoms. The van der Waals surface area contributed by atoms with Gasteiger partial charge in [-0.2, -0.15) is 0 Å². The van der Waals surface area contributed by atoms with Crippen LogP contribution in [-0.4, -0.2) is 5.91 Å². The molecule has 92 valence electrons. The lowest BCUT2D eigenvalue weighted by atomic mass is 10.0. The van der Waals surface area contributed by atoms with Crippen LogP contribution in [0, 0.1) is 5.82 Å². The van der Waals surface area contributed by atoms with Crippen LogP contribution < -0.4 is 5.32 Å². The molecule has 0 unspecified atom stereocenters. The third kappa shape index (κ3) is 3.42. The van der Waals surface area contributed by atoms with E-state index in [9.17, 15) is 9.18 Å². The van der Waals surface area contributed by atoms with E-state index in [1.807, 2.05) is 30.3 Å². The Morgan fingerprint density at radius 3 is 2.44 bits per heavy atom. The second-order valence-corrected chi connectivity index (χ2v) is 4.18. The van der Waals surface area contributed by atoms with Crippen molar-refractivity contribution < 1.29 is 9.18 Å². The number of anilines is 1. The minimum Gasteiger partial charge on any atom is -0.326 e. The Labute approximate surface area is 105 Å². The Hall–Kier alpha value is -2.16. The van der Waals surface area contributed by atoms with Gasteiger partial charge >= 0.3 is 0 Å². The van der Waals surface area contributed by atoms with Crippen molar-refractivity contribution in [2.24, 2.45) is 0 Å². The van der Waals surface area contributed by atoms with Crippen molar-refractivity contribution in [3.63, 3.8) is 0 Å². The lowest BCUT2D eigenvalue weighted by molar-refractivity contribution is -0.114. The van der Waals surface area contributed by atoms with Crippen molar-refractivity contribution in [1.82, 2.24) is 0 Å². The Balaban J connectivity index is 2.08. The Kier molecular flexibility index (Phi) is 3.72. The lowest BCUT2D eigenvalue weighted by Gasteiger charge is -2.05. The fourth-order valence-electron chi connectivity index (χ4n) is 1.79. The Morgan fingerprint density at radius 1 is 1.11 bits per heavy atom. The van der Waals surface area contributed by atoms with Gasteiger partial charge in [0.1, 0.15) is 5.82 Å². The second kappa shape index (κ2) is 5.45. The second-order valence-electron chi connectivity index (χ2n) is 4.18. The highest BCUT2D eigenvalue weighted by Crippen LogP contribution is 2.14. The molecule has 0 aliphatic carbocycles. The van der Waals surface area contributed by atoms with E-state index >= 15 is 0 Å². The van der Waals surface area contributed by atoms with Crippen LogP contribution in [0.25, 0.3) is 0 Å². The third-order valence-corrected chi connectivity index (χ3v) is 2.57. The molecule has 2 nitrogen and oxygen atoms in total. The van der Waals surface area contributed by atoms with Gasteiger partial charge in [0.15, 0.2) is 0 Å². The molecule has 0 aliphatic rings. The zero-order valence-electron chi connectivity index (χ0n) is 10.1. The first-order chi connectivity index (χ1) is 8.63. The van der Waals surface area contributed by atoms with Gasteiger partial charge in [0, 0.05) is 12.6 Å². The van der Waals surface area contributed by atoms with Crippen molar-refractivity contribution >= 4 is 11.6 Å². The van der Waals surface area contributed by atoms with Gasteiger partial charge in [-0.1, -0.05) is 24.3 Å². The fourth-order valence-corrected chi connectivity index (χ4v) is 1.79. The van der Waals surface area contributed by atoms with Gasteiger partial charge < -0.3 is 5.32 Å². The van der Waals surface area contributed by atoms with Crippen LogP contribution in [0.2, 0.25) is 0 Å². The summed E-state index contributed by atoms with van der Waals surface area (Å²) in [5.41, 5.74) is 2.78. The number of nitrogens with one attached hydrogen (secondary N) is 1. The van der Waals surface area contributed by atoms with Gasteiger partial charge in [0.2, 0.25) is 5.91 Å². The zero-order chi connectivity index (χ0) is 13.0. The molecule has 0 bridgehead atoms. The molecule has 2 aromatic carbocycles. The van der Waals surface area contributed by atoms with Crippen LogP contribution in [-0.2, 0) is 11.2 Å². The average molecular weight is 243 g/mol. The molecule has 1 N–H and O–H groups in total. The van der Waals surface area contributed by atoms with Crippen LogP contribution in [0.15, 0.2) is 48.5 Å². The number of amides is 1. The molecule has 0 fully saturated rings. The summed E-state index contributed by atoms with van der Waals surface area (Å²) >= 11 is 0. The highest BCUT2D eigenvalue weighted by atomic mass is 19.1. The maximum atomic E-state index is 13.0. The van der Waals surface area contributed by atoms with Crippen LogP contribution in [0.1, 0.15) is 18.1 Å². The molecule has 0 aromatic heterocycles. The topological polar surface area (TPSA) is 29.1 Å². The minimum atomic E-state index is -0.220. The molecule has 0 aliphatic heterocycles. The highest BCUT2D eigenvalue weighted by Gasteiger charge is 1.99. The van der Waals surface area contributed by atoms with E-state index in [2.05, 4.69) is 5.32 Å². The molecular formula is C15H14FNO. The number of rotatable bonds is 3. The van der Waals surface area contributed by atoms with E-state index in [0.29, 0.717) is 6.42 Å². The van der Waals surface area contributed by atoms with Gasteiger partial charge in [-0.15, -0.1) is 0 Å². The summed E-state index contributed by atoms with van der Waals surface area (Å²) in [7, 11) is 0. The molecule has 0 atom stereocenters. The van der Waals surface area contributed by atoms with Crippen molar-refractivity contribution in [3.05, 3.63) is 65.5 Å². The molecule has 0 radical (unpaired) electrons. The van der Waals surface area contributed by atoms with Crippen molar-refractivity contribution in [2.45, 2.75) is 13.3 Å². The van der Waals surface area contributed by atoms with Gasteiger partial charge in [-0.3, -0.25) is 4.79 Å². The fraction of sp³-hybridized carbons (Fsp3) is 0.133. The summed E-state index contributed by atoms with van der Waals surface area (Å²) in [4.78, 5) is 10.9. The summed E-state index contributed by atoms with van der Waals surface area (Å²) in [5, 5.41) is 2.71. The average Bonchev–Trinajstić information content (AvgIpc) is 2.31. The molecule has 18 heavy (non-hydrogen) atoms. The summed E-state index contributed by atoms with van der Waals surface area (Å²) < 4.78 is 13.0. The first-order valence-corrected chi connectivity index (χ1v) is 5.74. The number of hydrogen-bond acceptors (Lipinski definition) is 1. The summed E-state index contributed by atoms with van der Waals surface area (Å²) in [6.45, 7) is 1.47. The largest absolute Gasteiger partial charge is 0.326 e. The molecule has 0 heterocycles. The number of benzene rings is 2. The molecule has 2 rings (SSSR count). The predicted molar refractivity (Wildman–Crippen MR) is 70.0 cm³/mol. The maximum Gasteiger partial charge on any atom is 0.221 e. The maximum absolute atomic E-state index is 13.0. The van der Waals surface area contributed by atoms with E-state index in [1.54, 1.807) is 6.07 Å². The van der Waals surface area contributed by atoms with Crippen molar-refractivity contribution in [1.29, 1.82) is 0 Å². The number of carbonyl (C=O) groups is 1. The minimum absolute atomic E-state index is 0.0899. The molecular weight excluding hydrogens is 229 g/mol. The smallest absolute Gasteiger partial charge is 0.221 e. The summed E-state index contributed by atoms with van der Waals surface area (Å²) in [5.74, 6) is -0.310. The Bertz CT molecular complexity index is 549. The lowest BCUT2D eigenvalue weighted by Crippen LogP contribution is -2.05. The van der Waals surface area contributed by atoms with Gasteiger partial charge in [0.05, 0.1) is 0 Å². The molecule has 3 heteroatoms. The van der Waals surface area contributed by atoms with E-state index < -0.39 is 0 Å². The Morgan fingerprint density at radius 2 is 1.83 bits per heavy atom. The first-order valence-electron chi connectivity index (χ1n) is 5.74. The number of hydrogen-bond donors (Lipinski definition) is 1.